The molecule has 1 heterocycles. The molecule has 2 N–H and O–H groups in total. The van der Waals surface area contributed by atoms with Crippen molar-refractivity contribution in [3.63, 3.8) is 0 Å². The van der Waals surface area contributed by atoms with Crippen LogP contribution in [0.15, 0.2) is 30.6 Å². The van der Waals surface area contributed by atoms with Gasteiger partial charge in [-0.3, -0.25) is 0 Å². The van der Waals surface area contributed by atoms with Crippen LogP contribution < -0.4 is 5.73 Å². The zero-order valence-corrected chi connectivity index (χ0v) is 11.8. The summed E-state index contributed by atoms with van der Waals surface area (Å²) in [5.41, 5.74) is 12.1. The zero-order valence-electron chi connectivity index (χ0n) is 11.8. The number of imidazole rings is 1. The van der Waals surface area contributed by atoms with Gasteiger partial charge < -0.3 is 10.3 Å². The summed E-state index contributed by atoms with van der Waals surface area (Å²) in [6.45, 7) is 0. The third kappa shape index (κ3) is 1.80. The van der Waals surface area contributed by atoms with Gasteiger partial charge in [0, 0.05) is 5.69 Å². The first-order chi connectivity index (χ1) is 9.84. The van der Waals surface area contributed by atoms with Gasteiger partial charge >= 0.3 is 0 Å². The second kappa shape index (κ2) is 4.74. The van der Waals surface area contributed by atoms with E-state index in [1.165, 1.54) is 41.8 Å². The van der Waals surface area contributed by atoms with Crippen molar-refractivity contribution in [3.8, 4) is 0 Å². The van der Waals surface area contributed by atoms with Crippen molar-refractivity contribution in [2.75, 3.05) is 0 Å². The average molecular weight is 267 g/mol. The molecule has 1 aromatic carbocycles. The lowest BCUT2D eigenvalue weighted by Crippen LogP contribution is -2.30. The molecular weight excluding hydrogens is 246 g/mol. The maximum Gasteiger partial charge on any atom is 0.0954 e. The molecule has 2 aliphatic carbocycles. The summed E-state index contributed by atoms with van der Waals surface area (Å²) in [5, 5.41) is 0. The van der Waals surface area contributed by atoms with E-state index in [9.17, 15) is 0 Å². The van der Waals surface area contributed by atoms with Gasteiger partial charge in [-0.1, -0.05) is 24.3 Å². The van der Waals surface area contributed by atoms with Crippen LogP contribution in [0.25, 0.3) is 0 Å². The lowest BCUT2D eigenvalue weighted by atomic mass is 9.84. The van der Waals surface area contributed by atoms with Crippen LogP contribution >= 0.6 is 0 Å². The monoisotopic (exact) mass is 267 g/mol. The highest BCUT2D eigenvalue weighted by Gasteiger charge is 2.30. The van der Waals surface area contributed by atoms with E-state index in [1.807, 2.05) is 6.33 Å². The molecule has 0 fully saturated rings. The number of nitrogens with zero attached hydrogens (tertiary/aromatic N) is 2. The number of aryl methyl sites for hydroxylation is 2. The number of aromatic nitrogens is 2. The van der Waals surface area contributed by atoms with E-state index in [0.717, 1.165) is 19.3 Å². The van der Waals surface area contributed by atoms with E-state index >= 15 is 0 Å². The Bertz CT molecular complexity index is 629. The molecule has 2 aromatic rings. The smallest absolute Gasteiger partial charge is 0.0954 e. The molecule has 0 saturated carbocycles. The van der Waals surface area contributed by atoms with Gasteiger partial charge in [0.1, 0.15) is 0 Å². The second-order valence-electron chi connectivity index (χ2n) is 6.08. The number of benzene rings is 1. The predicted octanol–water partition coefficient (Wildman–Crippen LogP) is 2.95. The van der Waals surface area contributed by atoms with Gasteiger partial charge in [0.2, 0.25) is 0 Å². The van der Waals surface area contributed by atoms with E-state index in [1.54, 1.807) is 0 Å². The maximum atomic E-state index is 6.57. The van der Waals surface area contributed by atoms with Crippen molar-refractivity contribution in [3.05, 3.63) is 53.1 Å². The molecule has 0 bridgehead atoms. The van der Waals surface area contributed by atoms with Crippen LogP contribution in [-0.4, -0.2) is 9.55 Å². The van der Waals surface area contributed by atoms with Crippen LogP contribution in [0.3, 0.4) is 0 Å². The minimum absolute atomic E-state index is 0.0974. The van der Waals surface area contributed by atoms with Crippen LogP contribution in [0.5, 0.6) is 0 Å². The van der Waals surface area contributed by atoms with Crippen molar-refractivity contribution in [1.29, 1.82) is 0 Å². The first-order valence-corrected chi connectivity index (χ1v) is 7.72. The molecule has 0 radical (unpaired) electrons. The summed E-state index contributed by atoms with van der Waals surface area (Å²) in [5.74, 6) is 0. The maximum absolute atomic E-state index is 6.57. The normalized spacial score (nSPS) is 25.1. The van der Waals surface area contributed by atoms with Crippen molar-refractivity contribution in [2.24, 2.45) is 5.73 Å². The zero-order chi connectivity index (χ0) is 13.5. The molecule has 0 saturated heterocycles. The van der Waals surface area contributed by atoms with Gasteiger partial charge in [0.05, 0.1) is 24.1 Å². The predicted molar refractivity (Wildman–Crippen MR) is 79.6 cm³/mol. The van der Waals surface area contributed by atoms with Crippen molar-refractivity contribution >= 4 is 0 Å². The van der Waals surface area contributed by atoms with Crippen molar-refractivity contribution in [1.82, 2.24) is 9.55 Å². The fraction of sp³-hybridized carbons (Fsp3) is 0.471. The average Bonchev–Trinajstić information content (AvgIpc) is 2.92. The summed E-state index contributed by atoms with van der Waals surface area (Å²) < 4.78 is 2.38. The fourth-order valence-corrected chi connectivity index (χ4v) is 3.87. The molecule has 4 rings (SSSR count). The highest BCUT2D eigenvalue weighted by molar-refractivity contribution is 5.34. The largest absolute Gasteiger partial charge is 0.329 e. The molecule has 3 nitrogen and oxygen atoms in total. The van der Waals surface area contributed by atoms with Crippen LogP contribution in [0, 0.1) is 0 Å². The van der Waals surface area contributed by atoms with Crippen LogP contribution in [0.2, 0.25) is 0 Å². The fourth-order valence-electron chi connectivity index (χ4n) is 3.87. The van der Waals surface area contributed by atoms with Gasteiger partial charge in [0.15, 0.2) is 0 Å². The number of hydrogen-bond acceptors (Lipinski definition) is 2. The Hall–Kier alpha value is -1.61. The Morgan fingerprint density at radius 1 is 1.10 bits per heavy atom. The minimum Gasteiger partial charge on any atom is -0.329 e. The van der Waals surface area contributed by atoms with Crippen molar-refractivity contribution in [2.45, 2.75) is 50.6 Å². The highest BCUT2D eigenvalue weighted by Crippen LogP contribution is 2.37. The number of hydrogen-bond donors (Lipinski definition) is 1. The van der Waals surface area contributed by atoms with Gasteiger partial charge in [-0.15, -0.1) is 0 Å². The number of nitrogens with two attached hydrogens (primary N) is 1. The number of rotatable bonds is 1. The second-order valence-corrected chi connectivity index (χ2v) is 6.08. The third-order valence-electron chi connectivity index (χ3n) is 4.96. The summed E-state index contributed by atoms with van der Waals surface area (Å²) in [6.07, 6.45) is 9.17. The molecule has 104 valence electrons. The molecule has 0 spiro atoms. The Morgan fingerprint density at radius 3 is 2.90 bits per heavy atom. The third-order valence-corrected chi connectivity index (χ3v) is 4.96. The van der Waals surface area contributed by atoms with Crippen LogP contribution in [0.1, 0.15) is 53.9 Å². The molecule has 2 unspecified atom stereocenters. The minimum atomic E-state index is 0.0974. The molecule has 20 heavy (non-hydrogen) atoms. The van der Waals surface area contributed by atoms with Crippen LogP contribution in [-0.2, 0) is 19.3 Å². The Balaban J connectivity index is 1.72. The lowest BCUT2D eigenvalue weighted by molar-refractivity contribution is 0.359. The van der Waals surface area contributed by atoms with Crippen LogP contribution in [0.4, 0.5) is 0 Å². The first kappa shape index (κ1) is 12.2. The number of fused-ring (bicyclic) bond motifs is 2. The van der Waals surface area contributed by atoms with E-state index in [0.29, 0.717) is 6.04 Å². The summed E-state index contributed by atoms with van der Waals surface area (Å²) >= 11 is 0. The van der Waals surface area contributed by atoms with Gasteiger partial charge in [-0.2, -0.15) is 0 Å². The molecule has 2 aliphatic rings. The Kier molecular flexibility index (Phi) is 2.88. The molecule has 3 heteroatoms. The molecule has 2 atom stereocenters. The standard InChI is InChI=1S/C17H21N3/c18-17-13-6-2-1-5-12(13)9-10-16(17)20-11-19-14-7-3-4-8-15(14)20/h1-2,5-6,11,16-17H,3-4,7-10,18H2. The van der Waals surface area contributed by atoms with E-state index in [4.69, 9.17) is 5.73 Å². The summed E-state index contributed by atoms with van der Waals surface area (Å²) in [4.78, 5) is 4.63. The van der Waals surface area contributed by atoms with E-state index in [-0.39, 0.29) is 6.04 Å². The molecule has 1 aromatic heterocycles. The summed E-state index contributed by atoms with van der Waals surface area (Å²) in [7, 11) is 0. The Morgan fingerprint density at radius 2 is 1.95 bits per heavy atom. The quantitative estimate of drug-likeness (QED) is 0.863. The van der Waals surface area contributed by atoms with E-state index < -0.39 is 0 Å². The SMILES string of the molecule is NC1c2ccccc2CCC1n1cnc2c1CCCC2. The first-order valence-electron chi connectivity index (χ1n) is 7.72. The Labute approximate surface area is 119 Å². The highest BCUT2D eigenvalue weighted by atomic mass is 15.1. The molecule has 0 amide bonds. The van der Waals surface area contributed by atoms with Crippen molar-refractivity contribution < 1.29 is 0 Å². The lowest BCUT2D eigenvalue weighted by Gasteiger charge is -2.33. The topological polar surface area (TPSA) is 43.8 Å². The van der Waals surface area contributed by atoms with Gasteiger partial charge in [-0.05, 0) is 49.7 Å². The van der Waals surface area contributed by atoms with Gasteiger partial charge in [0.25, 0.3) is 0 Å². The summed E-state index contributed by atoms with van der Waals surface area (Å²) in [6, 6.07) is 9.10. The molecular formula is C17H21N3. The van der Waals surface area contributed by atoms with Gasteiger partial charge in [-0.25, -0.2) is 4.98 Å². The molecule has 0 aliphatic heterocycles. The van der Waals surface area contributed by atoms with E-state index in [2.05, 4.69) is 33.8 Å².